The van der Waals surface area contributed by atoms with Crippen LogP contribution in [-0.4, -0.2) is 26.0 Å². The SMILES string of the molecule is CCSCCn1cnc2cnccc2c1=O. The van der Waals surface area contributed by atoms with Gasteiger partial charge in [0.25, 0.3) is 5.56 Å². The fraction of sp³-hybridized carbons (Fsp3) is 0.364. The summed E-state index contributed by atoms with van der Waals surface area (Å²) >= 11 is 1.82. The summed E-state index contributed by atoms with van der Waals surface area (Å²) < 4.78 is 1.66. The molecule has 2 heterocycles. The molecule has 0 aliphatic rings. The van der Waals surface area contributed by atoms with Crippen LogP contribution in [0.4, 0.5) is 0 Å². The summed E-state index contributed by atoms with van der Waals surface area (Å²) in [5, 5.41) is 0.638. The van der Waals surface area contributed by atoms with E-state index in [0.29, 0.717) is 17.4 Å². The van der Waals surface area contributed by atoms with Crippen molar-refractivity contribution in [3.63, 3.8) is 0 Å². The van der Waals surface area contributed by atoms with Crippen molar-refractivity contribution in [1.29, 1.82) is 0 Å². The van der Waals surface area contributed by atoms with Crippen LogP contribution < -0.4 is 5.56 Å². The third kappa shape index (κ3) is 2.24. The fourth-order valence-electron chi connectivity index (χ4n) is 1.48. The average molecular weight is 235 g/mol. The Morgan fingerprint density at radius 1 is 1.50 bits per heavy atom. The van der Waals surface area contributed by atoms with Gasteiger partial charge >= 0.3 is 0 Å². The quantitative estimate of drug-likeness (QED) is 0.754. The van der Waals surface area contributed by atoms with E-state index in [-0.39, 0.29) is 5.56 Å². The van der Waals surface area contributed by atoms with E-state index in [1.165, 1.54) is 0 Å². The van der Waals surface area contributed by atoms with Crippen LogP contribution in [0.2, 0.25) is 0 Å². The maximum absolute atomic E-state index is 12.0. The molecule has 4 nitrogen and oxygen atoms in total. The number of pyridine rings is 1. The van der Waals surface area contributed by atoms with Crippen molar-refractivity contribution >= 4 is 22.7 Å². The first-order chi connectivity index (χ1) is 7.83. The van der Waals surface area contributed by atoms with E-state index < -0.39 is 0 Å². The molecule has 0 fully saturated rings. The van der Waals surface area contributed by atoms with Crippen LogP contribution in [0.25, 0.3) is 10.9 Å². The minimum atomic E-state index is 0.0177. The number of aromatic nitrogens is 3. The van der Waals surface area contributed by atoms with Crippen molar-refractivity contribution in [3.8, 4) is 0 Å². The fourth-order valence-corrected chi connectivity index (χ4v) is 2.09. The molecule has 84 valence electrons. The predicted octanol–water partition coefficient (Wildman–Crippen LogP) is 1.54. The normalized spacial score (nSPS) is 10.8. The molecule has 2 rings (SSSR count). The van der Waals surface area contributed by atoms with E-state index in [0.717, 1.165) is 11.5 Å². The maximum Gasteiger partial charge on any atom is 0.261 e. The standard InChI is InChI=1S/C11H13N3OS/c1-2-16-6-5-14-8-13-10-7-12-4-3-9(10)11(14)15/h3-4,7-8H,2,5-6H2,1H3. The Hall–Kier alpha value is -1.36. The first kappa shape index (κ1) is 11.1. The zero-order valence-electron chi connectivity index (χ0n) is 9.09. The molecular weight excluding hydrogens is 222 g/mol. The number of hydrogen-bond acceptors (Lipinski definition) is 4. The summed E-state index contributed by atoms with van der Waals surface area (Å²) in [6, 6.07) is 1.72. The molecule has 0 bridgehead atoms. The van der Waals surface area contributed by atoms with Gasteiger partial charge in [0.05, 0.1) is 23.4 Å². The zero-order valence-corrected chi connectivity index (χ0v) is 9.91. The predicted molar refractivity (Wildman–Crippen MR) is 66.8 cm³/mol. The van der Waals surface area contributed by atoms with E-state index in [4.69, 9.17) is 0 Å². The Balaban J connectivity index is 2.33. The highest BCUT2D eigenvalue weighted by Gasteiger charge is 2.02. The first-order valence-electron chi connectivity index (χ1n) is 5.20. The Bertz CT molecular complexity index is 538. The lowest BCUT2D eigenvalue weighted by molar-refractivity contribution is 0.725. The summed E-state index contributed by atoms with van der Waals surface area (Å²) in [4.78, 5) is 20.2. The minimum absolute atomic E-state index is 0.0177. The second kappa shape index (κ2) is 5.12. The second-order valence-electron chi connectivity index (χ2n) is 3.33. The van der Waals surface area contributed by atoms with Crippen LogP contribution in [0, 0.1) is 0 Å². The molecule has 0 aliphatic carbocycles. The molecule has 16 heavy (non-hydrogen) atoms. The molecule has 0 saturated heterocycles. The smallest absolute Gasteiger partial charge is 0.261 e. The van der Waals surface area contributed by atoms with Gasteiger partial charge in [-0.25, -0.2) is 4.98 Å². The highest BCUT2D eigenvalue weighted by molar-refractivity contribution is 7.99. The van der Waals surface area contributed by atoms with Gasteiger partial charge < -0.3 is 0 Å². The average Bonchev–Trinajstić information content (AvgIpc) is 2.33. The monoisotopic (exact) mass is 235 g/mol. The second-order valence-corrected chi connectivity index (χ2v) is 4.73. The molecule has 2 aromatic rings. The van der Waals surface area contributed by atoms with Gasteiger partial charge in [0.2, 0.25) is 0 Å². The van der Waals surface area contributed by atoms with Crippen molar-refractivity contribution < 1.29 is 0 Å². The van der Waals surface area contributed by atoms with E-state index in [9.17, 15) is 4.79 Å². The molecule has 0 aromatic carbocycles. The number of hydrogen-bond donors (Lipinski definition) is 0. The van der Waals surface area contributed by atoms with Gasteiger partial charge in [0, 0.05) is 18.5 Å². The number of fused-ring (bicyclic) bond motifs is 1. The largest absolute Gasteiger partial charge is 0.298 e. The van der Waals surface area contributed by atoms with Gasteiger partial charge in [0.1, 0.15) is 0 Å². The van der Waals surface area contributed by atoms with Crippen molar-refractivity contribution in [3.05, 3.63) is 35.1 Å². The summed E-state index contributed by atoms with van der Waals surface area (Å²) in [6.07, 6.45) is 4.83. The molecule has 0 N–H and O–H groups in total. The van der Waals surface area contributed by atoms with Gasteiger partial charge in [-0.3, -0.25) is 14.3 Å². The molecule has 0 unspecified atom stereocenters. The minimum Gasteiger partial charge on any atom is -0.298 e. The first-order valence-corrected chi connectivity index (χ1v) is 6.35. The molecule has 0 atom stereocenters. The van der Waals surface area contributed by atoms with E-state index in [1.54, 1.807) is 29.4 Å². The number of aryl methyl sites for hydroxylation is 1. The lowest BCUT2D eigenvalue weighted by Gasteiger charge is -2.05. The molecule has 0 radical (unpaired) electrons. The van der Waals surface area contributed by atoms with Gasteiger partial charge in [-0.1, -0.05) is 6.92 Å². The summed E-state index contributed by atoms with van der Waals surface area (Å²) in [6.45, 7) is 2.82. The molecule has 5 heteroatoms. The molecule has 0 aliphatic heterocycles. The lowest BCUT2D eigenvalue weighted by atomic mass is 10.3. The highest BCUT2D eigenvalue weighted by atomic mass is 32.2. The van der Waals surface area contributed by atoms with E-state index in [2.05, 4.69) is 16.9 Å². The number of rotatable bonds is 4. The summed E-state index contributed by atoms with van der Waals surface area (Å²) in [5.41, 5.74) is 0.677. The van der Waals surface area contributed by atoms with Crippen LogP contribution in [0.1, 0.15) is 6.92 Å². The van der Waals surface area contributed by atoms with Gasteiger partial charge in [0.15, 0.2) is 0 Å². The van der Waals surface area contributed by atoms with Crippen LogP contribution in [-0.2, 0) is 6.54 Å². The molecule has 0 amide bonds. The van der Waals surface area contributed by atoms with Crippen LogP contribution in [0.15, 0.2) is 29.6 Å². The van der Waals surface area contributed by atoms with E-state index >= 15 is 0 Å². The zero-order chi connectivity index (χ0) is 11.4. The van der Waals surface area contributed by atoms with E-state index in [1.807, 2.05) is 11.8 Å². The highest BCUT2D eigenvalue weighted by Crippen LogP contribution is 2.04. The third-order valence-electron chi connectivity index (χ3n) is 2.31. The Morgan fingerprint density at radius 3 is 3.19 bits per heavy atom. The summed E-state index contributed by atoms with van der Waals surface area (Å²) in [7, 11) is 0. The number of thioether (sulfide) groups is 1. The maximum atomic E-state index is 12.0. The van der Waals surface area contributed by atoms with Crippen LogP contribution in [0.3, 0.4) is 0 Å². The molecular formula is C11H13N3OS. The van der Waals surface area contributed by atoms with Crippen molar-refractivity contribution in [2.45, 2.75) is 13.5 Å². The Labute approximate surface area is 97.7 Å². The molecule has 2 aromatic heterocycles. The lowest BCUT2D eigenvalue weighted by Crippen LogP contribution is -2.21. The van der Waals surface area contributed by atoms with Crippen molar-refractivity contribution in [2.75, 3.05) is 11.5 Å². The molecule has 0 spiro atoms. The van der Waals surface area contributed by atoms with Crippen LogP contribution in [0.5, 0.6) is 0 Å². The summed E-state index contributed by atoms with van der Waals surface area (Å²) in [5.74, 6) is 2.01. The number of nitrogens with zero attached hydrogens (tertiary/aromatic N) is 3. The topological polar surface area (TPSA) is 47.8 Å². The Morgan fingerprint density at radius 2 is 2.38 bits per heavy atom. The van der Waals surface area contributed by atoms with Crippen LogP contribution >= 0.6 is 11.8 Å². The van der Waals surface area contributed by atoms with Gasteiger partial charge in [-0.2, -0.15) is 11.8 Å². The van der Waals surface area contributed by atoms with Crippen molar-refractivity contribution in [2.24, 2.45) is 0 Å². The van der Waals surface area contributed by atoms with Gasteiger partial charge in [-0.15, -0.1) is 0 Å². The Kier molecular flexibility index (Phi) is 3.56. The van der Waals surface area contributed by atoms with Gasteiger partial charge in [-0.05, 0) is 11.8 Å². The van der Waals surface area contributed by atoms with Crippen molar-refractivity contribution in [1.82, 2.24) is 14.5 Å². The third-order valence-corrected chi connectivity index (χ3v) is 3.19. The molecule has 0 saturated carbocycles.